The number of hydrogen-bond acceptors (Lipinski definition) is 11. The Hall–Kier alpha value is -4.77. The predicted octanol–water partition coefficient (Wildman–Crippen LogP) is 2.26. The van der Waals surface area contributed by atoms with Crippen LogP contribution in [0.15, 0.2) is 27.7 Å². The fourth-order valence-electron chi connectivity index (χ4n) is 3.87. The molecule has 0 spiro atoms. The van der Waals surface area contributed by atoms with Crippen molar-refractivity contribution in [1.29, 1.82) is 10.5 Å². The van der Waals surface area contributed by atoms with Crippen LogP contribution in [0.4, 0.5) is 17.3 Å². The van der Waals surface area contributed by atoms with E-state index in [0.29, 0.717) is 23.6 Å². The van der Waals surface area contributed by atoms with Crippen LogP contribution < -0.4 is 26.8 Å². The van der Waals surface area contributed by atoms with Gasteiger partial charge in [-0.1, -0.05) is 11.2 Å². The average Bonchev–Trinajstić information content (AvgIpc) is 3.11. The van der Waals surface area contributed by atoms with E-state index in [1.54, 1.807) is 7.11 Å². The van der Waals surface area contributed by atoms with Gasteiger partial charge < -0.3 is 26.0 Å². The molecular weight excluding hydrogens is 422 g/mol. The number of nitriles is 2. The van der Waals surface area contributed by atoms with E-state index in [2.05, 4.69) is 25.8 Å². The molecule has 0 amide bonds. The summed E-state index contributed by atoms with van der Waals surface area (Å²) >= 11 is 0. The number of pyridine rings is 1. The van der Waals surface area contributed by atoms with E-state index in [1.807, 2.05) is 44.3 Å². The number of aliphatic imine (C=N–C) groups is 1. The first kappa shape index (κ1) is 21.5. The number of hydrogen-bond donors (Lipinski definition) is 4. The molecule has 3 aromatic rings. The van der Waals surface area contributed by atoms with E-state index in [1.165, 1.54) is 0 Å². The van der Waals surface area contributed by atoms with Gasteiger partial charge in [0.25, 0.3) is 0 Å². The Morgan fingerprint density at radius 3 is 2.70 bits per heavy atom. The first-order valence-corrected chi connectivity index (χ1v) is 9.95. The highest BCUT2D eigenvalue weighted by atomic mass is 16.5. The third kappa shape index (κ3) is 3.72. The zero-order valence-electron chi connectivity index (χ0n) is 18.2. The van der Waals surface area contributed by atoms with Crippen LogP contribution in [0, 0.1) is 36.6 Å². The number of nitrogens with zero attached hydrogens (tertiary/aromatic N) is 5. The zero-order chi connectivity index (χ0) is 23.7. The van der Waals surface area contributed by atoms with Gasteiger partial charge in [-0.05, 0) is 37.1 Å². The van der Waals surface area contributed by atoms with E-state index in [0.717, 1.165) is 28.1 Å². The van der Waals surface area contributed by atoms with Gasteiger partial charge in [0.2, 0.25) is 5.96 Å². The highest BCUT2D eigenvalue weighted by Gasteiger charge is 2.30. The Morgan fingerprint density at radius 1 is 1.27 bits per heavy atom. The summed E-state index contributed by atoms with van der Waals surface area (Å²) in [6, 6.07) is 6.99. The van der Waals surface area contributed by atoms with Crippen LogP contribution >= 0.6 is 0 Å². The van der Waals surface area contributed by atoms with Gasteiger partial charge in [0, 0.05) is 17.5 Å². The van der Waals surface area contributed by atoms with Crippen LogP contribution in [0.3, 0.4) is 0 Å². The van der Waals surface area contributed by atoms with Gasteiger partial charge >= 0.3 is 0 Å². The molecule has 4 rings (SSSR count). The van der Waals surface area contributed by atoms with Crippen molar-refractivity contribution in [2.24, 2.45) is 4.99 Å². The number of ether oxygens (including phenoxy) is 1. The van der Waals surface area contributed by atoms with Crippen molar-refractivity contribution in [2.45, 2.75) is 26.3 Å². The molecule has 0 saturated carbocycles. The van der Waals surface area contributed by atoms with Crippen molar-refractivity contribution in [3.8, 4) is 18.0 Å². The van der Waals surface area contributed by atoms with Crippen molar-refractivity contribution in [3.63, 3.8) is 0 Å². The molecule has 0 bridgehead atoms. The number of aromatic nitrogens is 2. The van der Waals surface area contributed by atoms with Gasteiger partial charge in [-0.2, -0.15) is 10.5 Å². The van der Waals surface area contributed by atoms with Crippen LogP contribution in [0.25, 0.3) is 0 Å². The summed E-state index contributed by atoms with van der Waals surface area (Å²) in [7, 11) is 1.60. The van der Waals surface area contributed by atoms with E-state index in [9.17, 15) is 5.26 Å². The van der Waals surface area contributed by atoms with Gasteiger partial charge in [0.15, 0.2) is 6.19 Å². The largest absolute Gasteiger partial charge is 0.496 e. The third-order valence-corrected chi connectivity index (χ3v) is 5.53. The van der Waals surface area contributed by atoms with Crippen LogP contribution in [0.1, 0.15) is 45.3 Å². The topological polar surface area (TPSA) is 184 Å². The first-order valence-electron chi connectivity index (χ1n) is 9.95. The number of benzene rings is 1. The SMILES string of the molecule is COc1ccc(C2N=C(NC#N)Nc3nc(N)c(C#N)c(N)c32)cc1Cc1c(C)noc1C. The molecule has 166 valence electrons. The smallest absolute Gasteiger partial charge is 0.211 e. The quantitative estimate of drug-likeness (QED) is 0.344. The lowest BCUT2D eigenvalue weighted by molar-refractivity contribution is 0.392. The number of nitrogens with one attached hydrogen (secondary N) is 2. The number of nitrogen functional groups attached to an aromatic ring is 2. The molecule has 0 radical (unpaired) electrons. The van der Waals surface area contributed by atoms with E-state index in [4.69, 9.17) is 26.0 Å². The molecule has 1 atom stereocenters. The maximum absolute atomic E-state index is 9.51. The minimum atomic E-state index is -0.647. The maximum atomic E-state index is 9.51. The summed E-state index contributed by atoms with van der Waals surface area (Å²) in [5, 5.41) is 28.0. The van der Waals surface area contributed by atoms with Crippen LogP contribution in [-0.2, 0) is 6.42 Å². The molecule has 1 unspecified atom stereocenters. The lowest BCUT2D eigenvalue weighted by Crippen LogP contribution is -2.32. The Morgan fingerprint density at radius 2 is 2.06 bits per heavy atom. The molecule has 0 saturated heterocycles. The molecular formula is C22H21N9O2. The van der Waals surface area contributed by atoms with E-state index < -0.39 is 6.04 Å². The highest BCUT2D eigenvalue weighted by molar-refractivity contribution is 5.98. The average molecular weight is 443 g/mol. The fraction of sp³-hybridized carbons (Fsp3) is 0.227. The number of aryl methyl sites for hydroxylation is 2. The Kier molecular flexibility index (Phi) is 5.46. The number of anilines is 3. The molecule has 1 aliphatic heterocycles. The summed E-state index contributed by atoms with van der Waals surface area (Å²) in [6.45, 7) is 3.74. The molecule has 11 heteroatoms. The summed E-state index contributed by atoms with van der Waals surface area (Å²) in [4.78, 5) is 8.89. The summed E-state index contributed by atoms with van der Waals surface area (Å²) in [5.41, 5.74) is 16.4. The van der Waals surface area contributed by atoms with Gasteiger partial charge in [0.05, 0.1) is 18.5 Å². The third-order valence-electron chi connectivity index (χ3n) is 5.53. The van der Waals surface area contributed by atoms with Crippen molar-refractivity contribution >= 4 is 23.3 Å². The second-order valence-corrected chi connectivity index (χ2v) is 7.45. The molecule has 11 nitrogen and oxygen atoms in total. The van der Waals surface area contributed by atoms with Gasteiger partial charge in [-0.25, -0.2) is 9.98 Å². The zero-order valence-corrected chi connectivity index (χ0v) is 18.2. The highest BCUT2D eigenvalue weighted by Crippen LogP contribution is 2.41. The van der Waals surface area contributed by atoms with Crippen LogP contribution in [-0.4, -0.2) is 23.2 Å². The molecule has 0 fully saturated rings. The minimum Gasteiger partial charge on any atom is -0.496 e. The summed E-state index contributed by atoms with van der Waals surface area (Å²) in [5.74, 6) is 1.92. The van der Waals surface area contributed by atoms with Crippen molar-refractivity contribution in [1.82, 2.24) is 15.5 Å². The lowest BCUT2D eigenvalue weighted by atomic mass is 9.92. The van der Waals surface area contributed by atoms with Gasteiger partial charge in [-0.15, -0.1) is 0 Å². The number of nitrogens with two attached hydrogens (primary N) is 2. The van der Waals surface area contributed by atoms with E-state index >= 15 is 0 Å². The lowest BCUT2D eigenvalue weighted by Gasteiger charge is -2.26. The van der Waals surface area contributed by atoms with E-state index in [-0.39, 0.29) is 23.0 Å². The van der Waals surface area contributed by atoms with Crippen molar-refractivity contribution in [2.75, 3.05) is 23.9 Å². The predicted molar refractivity (Wildman–Crippen MR) is 121 cm³/mol. The maximum Gasteiger partial charge on any atom is 0.211 e. The Balaban J connectivity index is 1.88. The number of guanidine groups is 1. The molecule has 6 N–H and O–H groups in total. The van der Waals surface area contributed by atoms with Gasteiger partial charge in [-0.3, -0.25) is 5.32 Å². The second kappa shape index (κ2) is 8.40. The molecule has 3 heterocycles. The fourth-order valence-corrected chi connectivity index (χ4v) is 3.87. The Labute approximate surface area is 189 Å². The van der Waals surface area contributed by atoms with Crippen LogP contribution in [0.2, 0.25) is 0 Å². The minimum absolute atomic E-state index is 0.00737. The molecule has 1 aromatic carbocycles. The molecule has 0 aliphatic carbocycles. The normalized spacial score (nSPS) is 14.3. The van der Waals surface area contributed by atoms with Crippen LogP contribution in [0.5, 0.6) is 5.75 Å². The number of fused-ring (bicyclic) bond motifs is 1. The molecule has 1 aliphatic rings. The van der Waals surface area contributed by atoms with Crippen molar-refractivity contribution in [3.05, 3.63) is 57.5 Å². The van der Waals surface area contributed by atoms with Gasteiger partial charge in [0.1, 0.15) is 40.8 Å². The standard InChI is InChI=1S/C22H21N9O2/c1-10-14(11(2)33-31-10)7-13-6-12(4-5-16(13)32-3)19-17-18(25)15(8-23)20(26)29-21(17)30-22(28-19)27-9-24/h4-6,19H,7H2,1-3H3,(H6,25,26,27,28,29,30). The second-order valence-electron chi connectivity index (χ2n) is 7.45. The number of rotatable bonds is 4. The molecule has 2 aromatic heterocycles. The number of methoxy groups -OCH3 is 1. The Bertz CT molecular complexity index is 1340. The first-order chi connectivity index (χ1) is 15.9. The summed E-state index contributed by atoms with van der Waals surface area (Å²) < 4.78 is 10.9. The van der Waals surface area contributed by atoms with Crippen molar-refractivity contribution < 1.29 is 9.26 Å². The molecule has 33 heavy (non-hydrogen) atoms. The monoisotopic (exact) mass is 443 g/mol. The summed E-state index contributed by atoms with van der Waals surface area (Å²) in [6.07, 6.45) is 2.37.